The van der Waals surface area contributed by atoms with Crippen molar-refractivity contribution in [3.8, 4) is 0 Å². The summed E-state index contributed by atoms with van der Waals surface area (Å²) < 4.78 is 26.4. The molecule has 1 aromatic rings. The van der Waals surface area contributed by atoms with Gasteiger partial charge in [0.15, 0.2) is 0 Å². The van der Waals surface area contributed by atoms with Gasteiger partial charge >= 0.3 is 0 Å². The number of sulfonamides is 1. The van der Waals surface area contributed by atoms with Crippen LogP contribution in [0.1, 0.15) is 42.5 Å². The number of amides is 1. The largest absolute Gasteiger partial charge is 0.339 e. The highest BCUT2D eigenvalue weighted by Crippen LogP contribution is 2.23. The van der Waals surface area contributed by atoms with Crippen LogP contribution in [-0.4, -0.2) is 38.9 Å². The summed E-state index contributed by atoms with van der Waals surface area (Å²) in [4.78, 5) is 14.5. The van der Waals surface area contributed by atoms with Crippen molar-refractivity contribution in [3.63, 3.8) is 0 Å². The van der Waals surface area contributed by atoms with E-state index in [4.69, 9.17) is 0 Å². The maximum absolute atomic E-state index is 12.5. The fourth-order valence-electron chi connectivity index (χ4n) is 2.87. The second kappa shape index (κ2) is 7.75. The van der Waals surface area contributed by atoms with Gasteiger partial charge in [-0.15, -0.1) is 6.58 Å². The molecule has 5 nitrogen and oxygen atoms in total. The smallest absolute Gasteiger partial charge is 0.253 e. The summed E-state index contributed by atoms with van der Waals surface area (Å²) in [5, 5.41) is 0. The van der Waals surface area contributed by atoms with Crippen LogP contribution in [0.15, 0.2) is 41.8 Å². The molecule has 0 bridgehead atoms. The first-order chi connectivity index (χ1) is 11.0. The fraction of sp³-hybridized carbons (Fsp3) is 0.471. The second-order valence-electron chi connectivity index (χ2n) is 5.87. The van der Waals surface area contributed by atoms with E-state index in [0.717, 1.165) is 25.7 Å². The van der Waals surface area contributed by atoms with Crippen molar-refractivity contribution < 1.29 is 13.2 Å². The zero-order chi connectivity index (χ0) is 16.9. The van der Waals surface area contributed by atoms with Gasteiger partial charge in [-0.2, -0.15) is 0 Å². The summed E-state index contributed by atoms with van der Waals surface area (Å²) in [5.74, 6) is -0.0556. The van der Waals surface area contributed by atoms with Crippen molar-refractivity contribution in [2.75, 3.05) is 13.6 Å². The summed E-state index contributed by atoms with van der Waals surface area (Å²) in [6.07, 6.45) is 7.13. The van der Waals surface area contributed by atoms with Gasteiger partial charge in [0.05, 0.1) is 4.90 Å². The highest BCUT2D eigenvalue weighted by molar-refractivity contribution is 7.89. The van der Waals surface area contributed by atoms with Crippen molar-refractivity contribution in [1.82, 2.24) is 9.62 Å². The Kier molecular flexibility index (Phi) is 5.96. The SMILES string of the molecule is C=CCNS(=O)(=O)c1ccc(C(=O)N(C)C2CCCCC2)cc1. The van der Waals surface area contributed by atoms with Crippen LogP contribution in [0.2, 0.25) is 0 Å². The predicted molar refractivity (Wildman–Crippen MR) is 90.8 cm³/mol. The van der Waals surface area contributed by atoms with Crippen LogP contribution in [0.25, 0.3) is 0 Å². The average Bonchev–Trinajstić information content (AvgIpc) is 2.59. The number of benzene rings is 1. The molecule has 0 aromatic heterocycles. The molecule has 0 radical (unpaired) electrons. The van der Waals surface area contributed by atoms with Crippen LogP contribution in [0.5, 0.6) is 0 Å². The number of nitrogens with zero attached hydrogens (tertiary/aromatic N) is 1. The minimum atomic E-state index is -3.55. The number of hydrogen-bond acceptors (Lipinski definition) is 3. The van der Waals surface area contributed by atoms with Gasteiger partial charge in [0, 0.05) is 25.2 Å². The van der Waals surface area contributed by atoms with Gasteiger partial charge in [-0.3, -0.25) is 4.79 Å². The zero-order valence-electron chi connectivity index (χ0n) is 13.5. The van der Waals surface area contributed by atoms with E-state index in [1.807, 2.05) is 7.05 Å². The summed E-state index contributed by atoms with van der Waals surface area (Å²) in [7, 11) is -1.72. The third-order valence-electron chi connectivity index (χ3n) is 4.27. The maximum Gasteiger partial charge on any atom is 0.253 e. The molecule has 0 saturated heterocycles. The van der Waals surface area contributed by atoms with Gasteiger partial charge in [0.2, 0.25) is 10.0 Å². The van der Waals surface area contributed by atoms with E-state index >= 15 is 0 Å². The molecular formula is C17H24N2O3S. The number of carbonyl (C=O) groups excluding carboxylic acids is 1. The molecule has 2 rings (SSSR count). The molecule has 6 heteroatoms. The molecule has 126 valence electrons. The molecule has 1 aromatic carbocycles. The lowest BCUT2D eigenvalue weighted by molar-refractivity contribution is 0.0696. The number of nitrogens with one attached hydrogen (secondary N) is 1. The van der Waals surface area contributed by atoms with E-state index in [1.165, 1.54) is 24.6 Å². The molecular weight excluding hydrogens is 312 g/mol. The van der Waals surface area contributed by atoms with Crippen LogP contribution in [0, 0.1) is 0 Å². The van der Waals surface area contributed by atoms with E-state index < -0.39 is 10.0 Å². The van der Waals surface area contributed by atoms with E-state index in [-0.39, 0.29) is 23.4 Å². The van der Waals surface area contributed by atoms with Crippen LogP contribution >= 0.6 is 0 Å². The molecule has 0 aliphatic heterocycles. The minimum absolute atomic E-state index is 0.0556. The quantitative estimate of drug-likeness (QED) is 0.812. The monoisotopic (exact) mass is 336 g/mol. The van der Waals surface area contributed by atoms with E-state index in [0.29, 0.717) is 5.56 Å². The normalized spacial score (nSPS) is 16.0. The Balaban J connectivity index is 2.09. The van der Waals surface area contributed by atoms with Gasteiger partial charge in [0.25, 0.3) is 5.91 Å². The Morgan fingerprint density at radius 1 is 1.26 bits per heavy atom. The lowest BCUT2D eigenvalue weighted by atomic mass is 9.94. The third-order valence-corrected chi connectivity index (χ3v) is 5.71. The molecule has 0 spiro atoms. The number of hydrogen-bond donors (Lipinski definition) is 1. The molecule has 1 fully saturated rings. The Labute approximate surface area is 138 Å². The van der Waals surface area contributed by atoms with Gasteiger partial charge in [-0.05, 0) is 37.1 Å². The first-order valence-electron chi connectivity index (χ1n) is 7.93. The molecule has 1 aliphatic carbocycles. The first-order valence-corrected chi connectivity index (χ1v) is 9.42. The van der Waals surface area contributed by atoms with E-state index in [1.54, 1.807) is 17.0 Å². The van der Waals surface area contributed by atoms with Gasteiger partial charge in [0.1, 0.15) is 0 Å². The fourth-order valence-corrected chi connectivity index (χ4v) is 3.86. The summed E-state index contributed by atoms with van der Waals surface area (Å²) in [6.45, 7) is 3.66. The summed E-state index contributed by atoms with van der Waals surface area (Å²) in [5.41, 5.74) is 0.515. The number of carbonyl (C=O) groups is 1. The van der Waals surface area contributed by atoms with Crippen LogP contribution < -0.4 is 4.72 Å². The van der Waals surface area contributed by atoms with Crippen LogP contribution in [0.3, 0.4) is 0 Å². The van der Waals surface area contributed by atoms with Crippen molar-refractivity contribution in [3.05, 3.63) is 42.5 Å². The molecule has 0 heterocycles. The zero-order valence-corrected chi connectivity index (χ0v) is 14.3. The molecule has 0 atom stereocenters. The lowest BCUT2D eigenvalue weighted by Crippen LogP contribution is -2.38. The van der Waals surface area contributed by atoms with Gasteiger partial charge < -0.3 is 4.90 Å². The van der Waals surface area contributed by atoms with Gasteiger partial charge in [-0.1, -0.05) is 25.3 Å². The topological polar surface area (TPSA) is 66.5 Å². The van der Waals surface area contributed by atoms with E-state index in [9.17, 15) is 13.2 Å². The maximum atomic E-state index is 12.5. The van der Waals surface area contributed by atoms with Crippen molar-refractivity contribution in [2.45, 2.75) is 43.0 Å². The van der Waals surface area contributed by atoms with E-state index in [2.05, 4.69) is 11.3 Å². The highest BCUT2D eigenvalue weighted by atomic mass is 32.2. The molecule has 23 heavy (non-hydrogen) atoms. The highest BCUT2D eigenvalue weighted by Gasteiger charge is 2.23. The number of rotatable bonds is 6. The summed E-state index contributed by atoms with van der Waals surface area (Å²) >= 11 is 0. The minimum Gasteiger partial charge on any atom is -0.339 e. The summed E-state index contributed by atoms with van der Waals surface area (Å²) in [6, 6.07) is 6.36. The van der Waals surface area contributed by atoms with Crippen molar-refractivity contribution in [1.29, 1.82) is 0 Å². The Hall–Kier alpha value is -1.66. The van der Waals surface area contributed by atoms with Gasteiger partial charge in [-0.25, -0.2) is 13.1 Å². The standard InChI is InChI=1S/C17H24N2O3S/c1-3-13-18-23(21,22)16-11-9-14(10-12-16)17(20)19(2)15-7-5-4-6-8-15/h3,9-12,15,18H,1,4-8,13H2,2H3. The first kappa shape index (κ1) is 17.7. The van der Waals surface area contributed by atoms with Crippen molar-refractivity contribution in [2.24, 2.45) is 0 Å². The lowest BCUT2D eigenvalue weighted by Gasteiger charge is -2.31. The predicted octanol–water partition coefficient (Wildman–Crippen LogP) is 2.56. The molecule has 1 amide bonds. The Morgan fingerprint density at radius 3 is 2.43 bits per heavy atom. The molecule has 1 aliphatic rings. The second-order valence-corrected chi connectivity index (χ2v) is 7.64. The van der Waals surface area contributed by atoms with Crippen LogP contribution in [-0.2, 0) is 10.0 Å². The molecule has 1 N–H and O–H groups in total. The Morgan fingerprint density at radius 2 is 1.87 bits per heavy atom. The molecule has 1 saturated carbocycles. The van der Waals surface area contributed by atoms with Crippen LogP contribution in [0.4, 0.5) is 0 Å². The molecule has 0 unspecified atom stereocenters. The Bertz CT molecular complexity index is 647. The third kappa shape index (κ3) is 4.42. The average molecular weight is 336 g/mol. The van der Waals surface area contributed by atoms with Crippen molar-refractivity contribution >= 4 is 15.9 Å².